The summed E-state index contributed by atoms with van der Waals surface area (Å²) in [6.07, 6.45) is 0.536. The Bertz CT molecular complexity index is 597. The second kappa shape index (κ2) is 4.53. The van der Waals surface area contributed by atoms with Crippen molar-refractivity contribution in [3.8, 4) is 0 Å². The van der Waals surface area contributed by atoms with Gasteiger partial charge in [-0.05, 0) is 55.0 Å². The Morgan fingerprint density at radius 3 is 2.53 bits per heavy atom. The lowest BCUT2D eigenvalue weighted by atomic mass is 10.0. The van der Waals surface area contributed by atoms with Crippen LogP contribution in [0, 0.1) is 19.8 Å². The van der Waals surface area contributed by atoms with Crippen molar-refractivity contribution in [1.82, 2.24) is 0 Å². The largest absolute Gasteiger partial charge is 0.463 e. The van der Waals surface area contributed by atoms with Crippen LogP contribution in [-0.2, 0) is 0 Å². The summed E-state index contributed by atoms with van der Waals surface area (Å²) < 4.78 is 5.81. The Labute approximate surface area is 114 Å². The second-order valence-corrected chi connectivity index (χ2v) is 5.81. The summed E-state index contributed by atoms with van der Waals surface area (Å²) in [7, 11) is 0. The summed E-state index contributed by atoms with van der Waals surface area (Å²) in [5, 5.41) is 10.4. The van der Waals surface area contributed by atoms with Crippen LogP contribution in [0.25, 0.3) is 0 Å². The SMILES string of the molecule is Cc1ccc(C(O)c2ccc(C3CC3C)o2)cc1C. The normalized spacial score (nSPS) is 23.4. The molecule has 2 heteroatoms. The molecule has 0 spiro atoms. The van der Waals surface area contributed by atoms with Crippen molar-refractivity contribution in [1.29, 1.82) is 0 Å². The van der Waals surface area contributed by atoms with Crippen molar-refractivity contribution >= 4 is 0 Å². The Hall–Kier alpha value is -1.54. The summed E-state index contributed by atoms with van der Waals surface area (Å²) in [4.78, 5) is 0. The van der Waals surface area contributed by atoms with Crippen LogP contribution in [-0.4, -0.2) is 5.11 Å². The number of hydrogen-bond acceptors (Lipinski definition) is 2. The fraction of sp³-hybridized carbons (Fsp3) is 0.412. The van der Waals surface area contributed by atoms with E-state index in [1.165, 1.54) is 17.5 Å². The van der Waals surface area contributed by atoms with Crippen molar-refractivity contribution < 1.29 is 9.52 Å². The topological polar surface area (TPSA) is 33.4 Å². The number of aliphatic hydroxyl groups excluding tert-OH is 1. The third-order valence-corrected chi connectivity index (χ3v) is 4.24. The average molecular weight is 256 g/mol. The smallest absolute Gasteiger partial charge is 0.137 e. The number of furan rings is 1. The zero-order chi connectivity index (χ0) is 13.6. The van der Waals surface area contributed by atoms with E-state index in [9.17, 15) is 5.11 Å². The molecule has 1 heterocycles. The van der Waals surface area contributed by atoms with E-state index < -0.39 is 6.10 Å². The molecule has 1 fully saturated rings. The van der Waals surface area contributed by atoms with E-state index in [0.29, 0.717) is 11.7 Å². The quantitative estimate of drug-likeness (QED) is 0.896. The summed E-state index contributed by atoms with van der Waals surface area (Å²) in [5.41, 5.74) is 3.33. The molecule has 0 amide bonds. The van der Waals surface area contributed by atoms with Crippen molar-refractivity contribution in [2.24, 2.45) is 5.92 Å². The number of hydrogen-bond donors (Lipinski definition) is 1. The second-order valence-electron chi connectivity index (χ2n) is 5.81. The van der Waals surface area contributed by atoms with Crippen LogP contribution in [0.15, 0.2) is 34.7 Å². The number of benzene rings is 1. The minimum absolute atomic E-state index is 0.556. The monoisotopic (exact) mass is 256 g/mol. The standard InChI is InChI=1S/C17H20O2/c1-10-4-5-13(8-11(10)2)17(18)16-7-6-15(19-16)14-9-12(14)3/h4-8,12,14,17-18H,9H2,1-3H3. The van der Waals surface area contributed by atoms with Crippen molar-refractivity contribution in [2.75, 3.05) is 0 Å². The molecule has 1 aromatic carbocycles. The van der Waals surface area contributed by atoms with Crippen LogP contribution in [0.1, 0.15) is 53.6 Å². The van der Waals surface area contributed by atoms with Gasteiger partial charge in [0.2, 0.25) is 0 Å². The minimum Gasteiger partial charge on any atom is -0.463 e. The van der Waals surface area contributed by atoms with Gasteiger partial charge in [-0.15, -0.1) is 0 Å². The molecule has 1 aliphatic carbocycles. The van der Waals surface area contributed by atoms with Crippen LogP contribution in [0.5, 0.6) is 0 Å². The molecule has 0 bridgehead atoms. The van der Waals surface area contributed by atoms with Crippen molar-refractivity contribution in [2.45, 2.75) is 39.2 Å². The lowest BCUT2D eigenvalue weighted by molar-refractivity contribution is 0.186. The van der Waals surface area contributed by atoms with Gasteiger partial charge >= 0.3 is 0 Å². The highest BCUT2D eigenvalue weighted by atomic mass is 16.4. The van der Waals surface area contributed by atoms with Gasteiger partial charge in [0, 0.05) is 5.92 Å². The summed E-state index contributed by atoms with van der Waals surface area (Å²) in [5.74, 6) is 2.95. The molecule has 3 rings (SSSR count). The Balaban J connectivity index is 1.84. The zero-order valence-corrected chi connectivity index (χ0v) is 11.7. The predicted molar refractivity (Wildman–Crippen MR) is 75.2 cm³/mol. The van der Waals surface area contributed by atoms with Gasteiger partial charge in [-0.2, -0.15) is 0 Å². The summed E-state index contributed by atoms with van der Waals surface area (Å²) in [6, 6.07) is 9.95. The predicted octanol–water partition coefficient (Wildman–Crippen LogP) is 4.10. The first-order valence-electron chi connectivity index (χ1n) is 6.91. The maximum atomic E-state index is 10.4. The molecule has 1 aliphatic rings. The van der Waals surface area contributed by atoms with E-state index in [1.807, 2.05) is 30.3 Å². The molecule has 1 saturated carbocycles. The zero-order valence-electron chi connectivity index (χ0n) is 11.7. The van der Waals surface area contributed by atoms with Crippen molar-refractivity contribution in [3.05, 3.63) is 58.5 Å². The van der Waals surface area contributed by atoms with E-state index in [0.717, 1.165) is 17.2 Å². The fourth-order valence-corrected chi connectivity index (χ4v) is 2.53. The molecular formula is C17H20O2. The summed E-state index contributed by atoms with van der Waals surface area (Å²) >= 11 is 0. The van der Waals surface area contributed by atoms with Crippen LogP contribution in [0.3, 0.4) is 0 Å². The van der Waals surface area contributed by atoms with Crippen LogP contribution in [0.4, 0.5) is 0 Å². The van der Waals surface area contributed by atoms with Crippen LogP contribution in [0.2, 0.25) is 0 Å². The highest BCUT2D eigenvalue weighted by Gasteiger charge is 2.37. The van der Waals surface area contributed by atoms with E-state index in [-0.39, 0.29) is 0 Å². The molecule has 0 aliphatic heterocycles. The number of aryl methyl sites for hydroxylation is 2. The molecule has 2 nitrogen and oxygen atoms in total. The van der Waals surface area contributed by atoms with E-state index >= 15 is 0 Å². The molecule has 19 heavy (non-hydrogen) atoms. The fourth-order valence-electron chi connectivity index (χ4n) is 2.53. The third-order valence-electron chi connectivity index (χ3n) is 4.24. The highest BCUT2D eigenvalue weighted by molar-refractivity contribution is 5.34. The maximum Gasteiger partial charge on any atom is 0.137 e. The molecule has 100 valence electrons. The lowest BCUT2D eigenvalue weighted by Crippen LogP contribution is -1.99. The molecule has 2 aromatic rings. The molecule has 3 unspecified atom stereocenters. The molecule has 0 radical (unpaired) electrons. The first kappa shape index (κ1) is 12.5. The average Bonchev–Trinajstić information content (AvgIpc) is 2.93. The van der Waals surface area contributed by atoms with Gasteiger partial charge in [0.05, 0.1) is 0 Å². The van der Waals surface area contributed by atoms with Gasteiger partial charge < -0.3 is 9.52 Å². The minimum atomic E-state index is -0.665. The van der Waals surface area contributed by atoms with Gasteiger partial charge in [-0.25, -0.2) is 0 Å². The van der Waals surface area contributed by atoms with Gasteiger partial charge in [0.15, 0.2) is 0 Å². The van der Waals surface area contributed by atoms with Gasteiger partial charge in [0.1, 0.15) is 17.6 Å². The van der Waals surface area contributed by atoms with Crippen LogP contribution < -0.4 is 0 Å². The molecule has 0 saturated heterocycles. The van der Waals surface area contributed by atoms with E-state index in [2.05, 4.69) is 20.8 Å². The maximum absolute atomic E-state index is 10.4. The highest BCUT2D eigenvalue weighted by Crippen LogP contribution is 2.47. The first-order chi connectivity index (χ1) is 9.06. The van der Waals surface area contributed by atoms with Gasteiger partial charge in [0.25, 0.3) is 0 Å². The molecule has 1 aromatic heterocycles. The Morgan fingerprint density at radius 2 is 1.89 bits per heavy atom. The van der Waals surface area contributed by atoms with Crippen LogP contribution >= 0.6 is 0 Å². The molecular weight excluding hydrogens is 236 g/mol. The van der Waals surface area contributed by atoms with Gasteiger partial charge in [-0.3, -0.25) is 0 Å². The van der Waals surface area contributed by atoms with Gasteiger partial charge in [-0.1, -0.05) is 25.1 Å². The lowest BCUT2D eigenvalue weighted by Gasteiger charge is -2.10. The number of rotatable bonds is 3. The Kier molecular flexibility index (Phi) is 2.98. The number of aliphatic hydroxyl groups is 1. The molecule has 3 atom stereocenters. The Morgan fingerprint density at radius 1 is 1.16 bits per heavy atom. The molecule has 1 N–H and O–H groups in total. The van der Waals surface area contributed by atoms with E-state index in [4.69, 9.17) is 4.42 Å². The summed E-state index contributed by atoms with van der Waals surface area (Å²) in [6.45, 7) is 6.36. The third kappa shape index (κ3) is 2.33. The first-order valence-corrected chi connectivity index (χ1v) is 6.91. The van der Waals surface area contributed by atoms with Crippen molar-refractivity contribution in [3.63, 3.8) is 0 Å². The van der Waals surface area contributed by atoms with E-state index in [1.54, 1.807) is 0 Å².